The second-order valence-corrected chi connectivity index (χ2v) is 5.48. The number of rotatable bonds is 4. The summed E-state index contributed by atoms with van der Waals surface area (Å²) in [6.07, 6.45) is 1.70. The largest absolute Gasteiger partial charge is 0.370 e. The average Bonchev–Trinajstić information content (AvgIpc) is 3.14. The Morgan fingerprint density at radius 1 is 1.36 bits per heavy atom. The van der Waals surface area contributed by atoms with Crippen molar-refractivity contribution in [1.29, 1.82) is 0 Å². The van der Waals surface area contributed by atoms with E-state index in [-0.39, 0.29) is 17.4 Å². The number of aromatic nitrogens is 4. The van der Waals surface area contributed by atoms with E-state index in [2.05, 4.69) is 4.98 Å². The van der Waals surface area contributed by atoms with E-state index in [1.807, 2.05) is 11.5 Å². The van der Waals surface area contributed by atoms with Crippen LogP contribution in [0.15, 0.2) is 9.59 Å². The first-order valence-electron chi connectivity index (χ1n) is 7.61. The molecule has 120 valence electrons. The van der Waals surface area contributed by atoms with Crippen LogP contribution < -0.4 is 17.0 Å². The van der Waals surface area contributed by atoms with Crippen LogP contribution in [0, 0.1) is 0 Å². The summed E-state index contributed by atoms with van der Waals surface area (Å²) in [4.78, 5) is 29.4. The van der Waals surface area contributed by atoms with Gasteiger partial charge >= 0.3 is 5.69 Å². The fraction of sp³-hybridized carbons (Fsp3) is 0.643. The summed E-state index contributed by atoms with van der Waals surface area (Å²) < 4.78 is 10.2. The minimum atomic E-state index is -0.351. The summed E-state index contributed by atoms with van der Waals surface area (Å²) in [6, 6.07) is 0. The molecular formula is C14H21N5O3. The van der Waals surface area contributed by atoms with Crippen LogP contribution >= 0.6 is 0 Å². The van der Waals surface area contributed by atoms with Gasteiger partial charge in [-0.15, -0.1) is 0 Å². The molecule has 0 spiro atoms. The van der Waals surface area contributed by atoms with Gasteiger partial charge in [0, 0.05) is 33.3 Å². The smallest absolute Gasteiger partial charge is 0.332 e. The minimum Gasteiger partial charge on any atom is -0.370 e. The van der Waals surface area contributed by atoms with Crippen molar-refractivity contribution >= 4 is 11.2 Å². The molecule has 0 amide bonds. The maximum Gasteiger partial charge on any atom is 0.332 e. The lowest BCUT2D eigenvalue weighted by Crippen LogP contribution is -2.38. The molecule has 2 aromatic rings. The monoisotopic (exact) mass is 307 g/mol. The maximum atomic E-state index is 12.5. The molecule has 0 aromatic carbocycles. The van der Waals surface area contributed by atoms with E-state index in [4.69, 9.17) is 10.5 Å². The highest BCUT2D eigenvalue weighted by Crippen LogP contribution is 2.29. The van der Waals surface area contributed by atoms with Crippen molar-refractivity contribution < 1.29 is 4.74 Å². The van der Waals surface area contributed by atoms with Crippen molar-refractivity contribution in [2.45, 2.75) is 39.0 Å². The van der Waals surface area contributed by atoms with Crippen molar-refractivity contribution in [3.05, 3.63) is 26.7 Å². The fourth-order valence-electron chi connectivity index (χ4n) is 3.04. The zero-order chi connectivity index (χ0) is 15.9. The van der Waals surface area contributed by atoms with Crippen molar-refractivity contribution in [3.8, 4) is 0 Å². The fourth-order valence-corrected chi connectivity index (χ4v) is 3.04. The number of hydrogen-bond acceptors (Lipinski definition) is 5. The lowest BCUT2D eigenvalue weighted by molar-refractivity contribution is 0.102. The van der Waals surface area contributed by atoms with Crippen LogP contribution in [0.2, 0.25) is 0 Å². The van der Waals surface area contributed by atoms with Gasteiger partial charge in [-0.05, 0) is 19.8 Å². The third-order valence-electron chi connectivity index (χ3n) is 4.15. The molecule has 3 heterocycles. The van der Waals surface area contributed by atoms with E-state index in [1.165, 1.54) is 11.6 Å². The Balaban J connectivity index is 2.38. The SMILES string of the molecule is CCn1c(=O)n(C)c(=O)c2c1nc(C1CCCO1)n2CCN. The number of nitrogens with two attached hydrogens (primary N) is 1. The van der Waals surface area contributed by atoms with Crippen LogP contribution in [0.4, 0.5) is 0 Å². The number of nitrogens with zero attached hydrogens (tertiary/aromatic N) is 4. The number of fused-ring (bicyclic) bond motifs is 1. The summed E-state index contributed by atoms with van der Waals surface area (Å²) in [7, 11) is 1.49. The molecule has 2 aromatic heterocycles. The molecule has 8 heteroatoms. The van der Waals surface area contributed by atoms with Gasteiger partial charge in [0.05, 0.1) is 0 Å². The first-order chi connectivity index (χ1) is 10.6. The van der Waals surface area contributed by atoms with Crippen LogP contribution in [-0.2, 0) is 24.9 Å². The van der Waals surface area contributed by atoms with Crippen LogP contribution in [-0.4, -0.2) is 31.8 Å². The van der Waals surface area contributed by atoms with E-state index in [1.54, 1.807) is 0 Å². The Bertz CT molecular complexity index is 810. The zero-order valence-electron chi connectivity index (χ0n) is 12.9. The van der Waals surface area contributed by atoms with Gasteiger partial charge in [-0.25, -0.2) is 9.78 Å². The molecule has 1 fully saturated rings. The Morgan fingerprint density at radius 3 is 2.73 bits per heavy atom. The molecule has 1 aliphatic heterocycles. The van der Waals surface area contributed by atoms with Gasteiger partial charge in [-0.2, -0.15) is 0 Å². The minimum absolute atomic E-state index is 0.135. The molecule has 1 unspecified atom stereocenters. The number of hydrogen-bond donors (Lipinski definition) is 1. The van der Waals surface area contributed by atoms with E-state index in [0.29, 0.717) is 43.2 Å². The predicted molar refractivity (Wildman–Crippen MR) is 81.9 cm³/mol. The summed E-state index contributed by atoms with van der Waals surface area (Å²) in [5, 5.41) is 0. The van der Waals surface area contributed by atoms with Crippen molar-refractivity contribution in [3.63, 3.8) is 0 Å². The zero-order valence-corrected chi connectivity index (χ0v) is 12.9. The molecule has 1 atom stereocenters. The Labute approximate surface area is 127 Å². The quantitative estimate of drug-likeness (QED) is 0.838. The molecule has 0 aliphatic carbocycles. The first-order valence-corrected chi connectivity index (χ1v) is 7.61. The molecular weight excluding hydrogens is 286 g/mol. The van der Waals surface area contributed by atoms with E-state index in [0.717, 1.165) is 17.4 Å². The van der Waals surface area contributed by atoms with E-state index < -0.39 is 0 Å². The highest BCUT2D eigenvalue weighted by atomic mass is 16.5. The second kappa shape index (κ2) is 5.69. The molecule has 2 N–H and O–H groups in total. The summed E-state index contributed by atoms with van der Waals surface area (Å²) in [5.74, 6) is 0.697. The summed E-state index contributed by atoms with van der Waals surface area (Å²) >= 11 is 0. The molecule has 0 saturated carbocycles. The van der Waals surface area contributed by atoms with E-state index >= 15 is 0 Å². The lowest BCUT2D eigenvalue weighted by Gasteiger charge is -2.12. The van der Waals surface area contributed by atoms with Crippen molar-refractivity contribution in [2.24, 2.45) is 12.8 Å². The molecule has 0 bridgehead atoms. The normalized spacial score (nSPS) is 18.4. The Morgan fingerprint density at radius 2 is 2.14 bits per heavy atom. The standard InChI is InChI=1S/C14H21N5O3/c1-3-18-12-10(13(20)17(2)14(18)21)19(7-6-15)11(16-12)9-5-4-8-22-9/h9H,3-8,15H2,1-2H3. The van der Waals surface area contributed by atoms with Gasteiger partial charge in [0.15, 0.2) is 11.2 Å². The number of ether oxygens (including phenoxy) is 1. The van der Waals surface area contributed by atoms with Gasteiger partial charge < -0.3 is 15.0 Å². The summed E-state index contributed by atoms with van der Waals surface area (Å²) in [6.45, 7) is 3.87. The second-order valence-electron chi connectivity index (χ2n) is 5.48. The van der Waals surface area contributed by atoms with Crippen LogP contribution in [0.25, 0.3) is 11.2 Å². The van der Waals surface area contributed by atoms with Gasteiger partial charge in [-0.3, -0.25) is 13.9 Å². The molecule has 1 aliphatic rings. The highest BCUT2D eigenvalue weighted by Gasteiger charge is 2.27. The number of aryl methyl sites for hydroxylation is 1. The molecule has 0 radical (unpaired) electrons. The van der Waals surface area contributed by atoms with Gasteiger partial charge in [0.1, 0.15) is 11.9 Å². The predicted octanol–water partition coefficient (Wildman–Crippen LogP) is -0.273. The van der Waals surface area contributed by atoms with Crippen molar-refractivity contribution in [2.75, 3.05) is 13.2 Å². The number of imidazole rings is 1. The van der Waals surface area contributed by atoms with E-state index in [9.17, 15) is 9.59 Å². The van der Waals surface area contributed by atoms with Crippen LogP contribution in [0.5, 0.6) is 0 Å². The first kappa shape index (κ1) is 15.0. The third kappa shape index (κ3) is 2.10. The van der Waals surface area contributed by atoms with Crippen LogP contribution in [0.3, 0.4) is 0 Å². The topological polar surface area (TPSA) is 97.1 Å². The molecule has 1 saturated heterocycles. The highest BCUT2D eigenvalue weighted by molar-refractivity contribution is 5.71. The van der Waals surface area contributed by atoms with Gasteiger partial charge in [0.25, 0.3) is 5.56 Å². The van der Waals surface area contributed by atoms with Gasteiger partial charge in [-0.1, -0.05) is 0 Å². The van der Waals surface area contributed by atoms with Gasteiger partial charge in [0.2, 0.25) is 0 Å². The Hall–Kier alpha value is -1.93. The average molecular weight is 307 g/mol. The molecule has 8 nitrogen and oxygen atoms in total. The Kier molecular flexibility index (Phi) is 3.88. The lowest BCUT2D eigenvalue weighted by atomic mass is 10.2. The van der Waals surface area contributed by atoms with Crippen molar-refractivity contribution in [1.82, 2.24) is 18.7 Å². The summed E-state index contributed by atoms with van der Waals surface area (Å²) in [5.41, 5.74) is 5.87. The molecule has 22 heavy (non-hydrogen) atoms. The van der Waals surface area contributed by atoms with Crippen LogP contribution in [0.1, 0.15) is 31.7 Å². The third-order valence-corrected chi connectivity index (χ3v) is 4.15. The maximum absolute atomic E-state index is 12.5. The molecule has 3 rings (SSSR count).